The molecule has 9 heteroatoms. The summed E-state index contributed by atoms with van der Waals surface area (Å²) in [5, 5.41) is 16.7. The molecule has 0 bridgehead atoms. The van der Waals surface area contributed by atoms with E-state index in [-0.39, 0.29) is 5.56 Å². The molecule has 3 aromatic carbocycles. The molecule has 0 radical (unpaired) electrons. The molecule has 0 saturated heterocycles. The Morgan fingerprint density at radius 3 is 2.33 bits per heavy atom. The molecule has 3 atom stereocenters. The van der Waals surface area contributed by atoms with Gasteiger partial charge in [-0.25, -0.2) is 9.18 Å². The van der Waals surface area contributed by atoms with Crippen molar-refractivity contribution >= 4 is 23.6 Å². The number of hydrogen-bond donors (Lipinski definition) is 4. The van der Waals surface area contributed by atoms with Crippen LogP contribution < -0.4 is 20.7 Å². The molecule has 4 N–H and O–H groups in total. The summed E-state index contributed by atoms with van der Waals surface area (Å²) in [7, 11) is 0. The summed E-state index contributed by atoms with van der Waals surface area (Å²) in [6.07, 6.45) is -2.34. The molecule has 0 unspecified atom stereocenters. The van der Waals surface area contributed by atoms with E-state index in [2.05, 4.69) is 16.0 Å². The molecule has 8 nitrogen and oxygen atoms in total. The van der Waals surface area contributed by atoms with Crippen molar-refractivity contribution in [2.45, 2.75) is 18.2 Å². The van der Waals surface area contributed by atoms with Crippen molar-refractivity contribution < 1.29 is 28.6 Å². The maximum absolute atomic E-state index is 13.3. The van der Waals surface area contributed by atoms with Gasteiger partial charge >= 0.3 is 6.09 Å². The molecule has 168 valence electrons. The van der Waals surface area contributed by atoms with Crippen molar-refractivity contribution in [1.82, 2.24) is 10.6 Å². The molecule has 0 fully saturated rings. The van der Waals surface area contributed by atoms with Crippen LogP contribution in [0.5, 0.6) is 5.75 Å². The standard InChI is InChI=1S/C24H20FN3O5/c25-16-12-10-14(11-13-16)19(28-24(31)32)22(29)27-20-21(15-6-2-1-3-7-15)33-18-9-5-4-8-17(18)26-23(20)30/h1-13,19-21,28H,(H,26,30)(H,27,29)(H,31,32)/t19-,20-,21+/m0/s1. The van der Waals surface area contributed by atoms with Gasteiger partial charge in [-0.3, -0.25) is 9.59 Å². The third-order valence-corrected chi connectivity index (χ3v) is 5.14. The average Bonchev–Trinajstić information content (AvgIpc) is 2.95. The van der Waals surface area contributed by atoms with Crippen LogP contribution in [0.2, 0.25) is 0 Å². The molecule has 33 heavy (non-hydrogen) atoms. The van der Waals surface area contributed by atoms with Crippen molar-refractivity contribution in [2.75, 3.05) is 5.32 Å². The van der Waals surface area contributed by atoms with Crippen LogP contribution in [0.15, 0.2) is 78.9 Å². The fourth-order valence-electron chi connectivity index (χ4n) is 3.59. The predicted molar refractivity (Wildman–Crippen MR) is 117 cm³/mol. The number of amides is 3. The minimum Gasteiger partial charge on any atom is -0.481 e. The Labute approximate surface area is 188 Å². The fourth-order valence-corrected chi connectivity index (χ4v) is 3.59. The van der Waals surface area contributed by atoms with Crippen molar-refractivity contribution in [3.05, 3.63) is 95.8 Å². The summed E-state index contributed by atoms with van der Waals surface area (Å²) in [4.78, 5) is 37.6. The topological polar surface area (TPSA) is 117 Å². The molecule has 4 rings (SSSR count). The molecular weight excluding hydrogens is 429 g/mol. The van der Waals surface area contributed by atoms with Gasteiger partial charge in [-0.15, -0.1) is 0 Å². The number of fused-ring (bicyclic) bond motifs is 1. The zero-order chi connectivity index (χ0) is 23.4. The Bertz CT molecular complexity index is 1170. The Balaban J connectivity index is 1.68. The van der Waals surface area contributed by atoms with Crippen molar-refractivity contribution in [1.29, 1.82) is 0 Å². The molecule has 0 aromatic heterocycles. The van der Waals surface area contributed by atoms with Gasteiger partial charge in [0.25, 0.3) is 5.91 Å². The molecule has 1 aliphatic heterocycles. The summed E-state index contributed by atoms with van der Waals surface area (Å²) in [6, 6.07) is 18.0. The second-order valence-electron chi connectivity index (χ2n) is 7.35. The van der Waals surface area contributed by atoms with Crippen molar-refractivity contribution in [2.24, 2.45) is 0 Å². The van der Waals surface area contributed by atoms with E-state index in [9.17, 15) is 23.9 Å². The lowest BCUT2D eigenvalue weighted by Gasteiger charge is -2.27. The van der Waals surface area contributed by atoms with Gasteiger partial charge in [0.15, 0.2) is 6.10 Å². The van der Waals surface area contributed by atoms with Crippen LogP contribution in [-0.4, -0.2) is 29.1 Å². The molecule has 0 aliphatic carbocycles. The highest BCUT2D eigenvalue weighted by Crippen LogP contribution is 2.34. The summed E-state index contributed by atoms with van der Waals surface area (Å²) in [5.41, 5.74) is 1.30. The van der Waals surface area contributed by atoms with E-state index in [0.717, 1.165) is 12.1 Å². The number of para-hydroxylation sites is 2. The molecule has 3 aromatic rings. The summed E-state index contributed by atoms with van der Waals surface area (Å²) in [5.74, 6) is -1.43. The number of carboxylic acid groups (broad SMARTS) is 1. The van der Waals surface area contributed by atoms with E-state index in [1.165, 1.54) is 12.1 Å². The Morgan fingerprint density at radius 2 is 1.64 bits per heavy atom. The Kier molecular flexibility index (Phi) is 6.21. The number of carbonyl (C=O) groups is 3. The molecule has 1 aliphatic rings. The van der Waals surface area contributed by atoms with Gasteiger partial charge in [0.2, 0.25) is 5.91 Å². The minimum atomic E-state index is -1.45. The Hall–Kier alpha value is -4.40. The average molecular weight is 449 g/mol. The first-order chi connectivity index (χ1) is 15.9. The van der Waals surface area contributed by atoms with Crippen LogP contribution in [0.25, 0.3) is 0 Å². The van der Waals surface area contributed by atoms with E-state index in [1.54, 1.807) is 48.5 Å². The second-order valence-corrected chi connectivity index (χ2v) is 7.35. The highest BCUT2D eigenvalue weighted by Gasteiger charge is 2.38. The van der Waals surface area contributed by atoms with Gasteiger partial charge in [0.05, 0.1) is 5.69 Å². The van der Waals surface area contributed by atoms with Gasteiger partial charge in [0, 0.05) is 0 Å². The first-order valence-corrected chi connectivity index (χ1v) is 10.1. The number of ether oxygens (including phenoxy) is 1. The minimum absolute atomic E-state index is 0.214. The van der Waals surface area contributed by atoms with Gasteiger partial charge in [0.1, 0.15) is 23.7 Å². The maximum Gasteiger partial charge on any atom is 0.405 e. The van der Waals surface area contributed by atoms with Gasteiger partial charge in [-0.05, 0) is 35.4 Å². The second kappa shape index (κ2) is 9.39. The Morgan fingerprint density at radius 1 is 0.970 bits per heavy atom. The predicted octanol–water partition coefficient (Wildman–Crippen LogP) is 3.39. The highest BCUT2D eigenvalue weighted by atomic mass is 19.1. The number of nitrogens with one attached hydrogen (secondary N) is 3. The van der Waals surface area contributed by atoms with E-state index in [4.69, 9.17) is 4.74 Å². The number of halogens is 1. The SMILES string of the molecule is O=C(O)N[C@H](C(=O)N[C@@H]1C(=O)Nc2ccccc2O[C@@H]1c1ccccc1)c1ccc(F)cc1. The molecule has 1 heterocycles. The summed E-state index contributed by atoms with van der Waals surface area (Å²) < 4.78 is 19.5. The highest BCUT2D eigenvalue weighted by molar-refractivity contribution is 6.00. The van der Waals surface area contributed by atoms with Gasteiger partial charge in [-0.2, -0.15) is 0 Å². The normalized spacial score (nSPS) is 18.0. The number of carbonyl (C=O) groups excluding carboxylic acids is 2. The maximum atomic E-state index is 13.3. The summed E-state index contributed by atoms with van der Waals surface area (Å²) >= 11 is 0. The van der Waals surface area contributed by atoms with E-state index < -0.39 is 41.9 Å². The van der Waals surface area contributed by atoms with Crippen LogP contribution in [0.3, 0.4) is 0 Å². The molecule has 0 spiro atoms. The zero-order valence-corrected chi connectivity index (χ0v) is 17.2. The lowest BCUT2D eigenvalue weighted by molar-refractivity contribution is -0.129. The number of hydrogen-bond acceptors (Lipinski definition) is 4. The first-order valence-electron chi connectivity index (χ1n) is 10.1. The van der Waals surface area contributed by atoms with Crippen LogP contribution >= 0.6 is 0 Å². The van der Waals surface area contributed by atoms with Crippen LogP contribution in [0.4, 0.5) is 14.9 Å². The summed E-state index contributed by atoms with van der Waals surface area (Å²) in [6.45, 7) is 0. The zero-order valence-electron chi connectivity index (χ0n) is 17.2. The quantitative estimate of drug-likeness (QED) is 0.477. The third-order valence-electron chi connectivity index (χ3n) is 5.14. The van der Waals surface area contributed by atoms with Crippen LogP contribution in [0.1, 0.15) is 23.3 Å². The molecule has 3 amide bonds. The number of benzene rings is 3. The van der Waals surface area contributed by atoms with Crippen LogP contribution in [-0.2, 0) is 9.59 Å². The smallest absolute Gasteiger partial charge is 0.405 e. The first kappa shape index (κ1) is 21.8. The lowest BCUT2D eigenvalue weighted by atomic mass is 10.00. The van der Waals surface area contributed by atoms with Crippen molar-refractivity contribution in [3.8, 4) is 5.75 Å². The van der Waals surface area contributed by atoms with E-state index in [1.807, 2.05) is 6.07 Å². The molecular formula is C24H20FN3O5. The lowest BCUT2D eigenvalue weighted by Crippen LogP contribution is -2.51. The molecule has 0 saturated carbocycles. The largest absolute Gasteiger partial charge is 0.481 e. The van der Waals surface area contributed by atoms with Crippen LogP contribution in [0, 0.1) is 5.82 Å². The monoisotopic (exact) mass is 449 g/mol. The van der Waals surface area contributed by atoms with E-state index in [0.29, 0.717) is 17.0 Å². The van der Waals surface area contributed by atoms with Gasteiger partial charge in [-0.1, -0.05) is 54.6 Å². The van der Waals surface area contributed by atoms with Crippen molar-refractivity contribution in [3.63, 3.8) is 0 Å². The third kappa shape index (κ3) is 4.93. The van der Waals surface area contributed by atoms with E-state index >= 15 is 0 Å². The van der Waals surface area contributed by atoms with Gasteiger partial charge < -0.3 is 25.8 Å². The fraction of sp³-hybridized carbons (Fsp3) is 0.125. The number of rotatable bonds is 5. The number of anilines is 1.